The molecule has 3 heteroatoms. The predicted molar refractivity (Wildman–Crippen MR) is 87.7 cm³/mol. The molecule has 2 unspecified atom stereocenters. The Bertz CT molecular complexity index is 302. The second-order valence-electron chi connectivity index (χ2n) is 7.56. The summed E-state index contributed by atoms with van der Waals surface area (Å²) in [5.41, 5.74) is 0.611. The molecule has 1 spiro atoms. The third-order valence-corrected chi connectivity index (χ3v) is 5.71. The van der Waals surface area contributed by atoms with Gasteiger partial charge in [0.15, 0.2) is 0 Å². The van der Waals surface area contributed by atoms with Crippen LogP contribution in [0.1, 0.15) is 71.6 Å². The average molecular weight is 297 g/mol. The monoisotopic (exact) mass is 297 g/mol. The summed E-state index contributed by atoms with van der Waals surface area (Å²) in [5, 5.41) is 3.54. The molecule has 3 nitrogen and oxygen atoms in total. The molecule has 1 N–H and O–H groups in total. The fraction of sp³-hybridized carbons (Fsp3) is 1.00. The maximum absolute atomic E-state index is 6.56. The minimum atomic E-state index is 0.265. The van der Waals surface area contributed by atoms with E-state index >= 15 is 0 Å². The topological polar surface area (TPSA) is 30.5 Å². The lowest BCUT2D eigenvalue weighted by Gasteiger charge is -2.36. The van der Waals surface area contributed by atoms with Crippen LogP contribution in [0, 0.1) is 5.41 Å². The smallest absolute Gasteiger partial charge is 0.0687 e. The van der Waals surface area contributed by atoms with Crippen molar-refractivity contribution in [2.45, 2.75) is 83.3 Å². The lowest BCUT2D eigenvalue weighted by atomic mass is 9.80. The van der Waals surface area contributed by atoms with Gasteiger partial charge in [0.05, 0.1) is 18.3 Å². The molecule has 1 saturated carbocycles. The van der Waals surface area contributed by atoms with Crippen molar-refractivity contribution in [3.63, 3.8) is 0 Å². The summed E-state index contributed by atoms with van der Waals surface area (Å²) in [4.78, 5) is 0. The van der Waals surface area contributed by atoms with Gasteiger partial charge in [-0.15, -0.1) is 0 Å². The Hall–Kier alpha value is -0.120. The molecule has 2 fully saturated rings. The normalized spacial score (nSPS) is 27.9. The highest BCUT2D eigenvalue weighted by Crippen LogP contribution is 2.44. The fourth-order valence-corrected chi connectivity index (χ4v) is 4.06. The van der Waals surface area contributed by atoms with Crippen molar-refractivity contribution >= 4 is 0 Å². The summed E-state index contributed by atoms with van der Waals surface area (Å²) in [6.07, 6.45) is 12.2. The van der Waals surface area contributed by atoms with E-state index in [4.69, 9.17) is 9.47 Å². The van der Waals surface area contributed by atoms with E-state index in [1.165, 1.54) is 57.8 Å². The molecule has 2 aliphatic rings. The predicted octanol–water partition coefficient (Wildman–Crippen LogP) is 3.91. The van der Waals surface area contributed by atoms with E-state index in [-0.39, 0.29) is 5.60 Å². The van der Waals surface area contributed by atoms with Crippen LogP contribution < -0.4 is 5.32 Å². The molecule has 0 amide bonds. The van der Waals surface area contributed by atoms with Crippen LogP contribution in [0.4, 0.5) is 0 Å². The first-order valence-electron chi connectivity index (χ1n) is 8.99. The largest absolute Gasteiger partial charge is 0.383 e. The van der Waals surface area contributed by atoms with Crippen molar-refractivity contribution < 1.29 is 9.47 Å². The highest BCUT2D eigenvalue weighted by molar-refractivity contribution is 4.93. The standard InChI is InChI=1S/C18H35NO2/c1-4-17(2,15-19-12-13-20-3)14-16-8-11-18(21-16)9-6-5-7-10-18/h16,19H,4-15H2,1-3H3. The first-order valence-corrected chi connectivity index (χ1v) is 8.99. The molecule has 0 bridgehead atoms. The first-order chi connectivity index (χ1) is 10.1. The SMILES string of the molecule is CCC(C)(CNCCOC)CC1CCC2(CCCCC2)O1. The van der Waals surface area contributed by atoms with Crippen LogP contribution >= 0.6 is 0 Å². The second-order valence-corrected chi connectivity index (χ2v) is 7.56. The first kappa shape index (κ1) is 17.2. The number of nitrogens with one attached hydrogen (secondary N) is 1. The van der Waals surface area contributed by atoms with Gasteiger partial charge in [0.1, 0.15) is 0 Å². The zero-order valence-corrected chi connectivity index (χ0v) is 14.4. The number of hydrogen-bond donors (Lipinski definition) is 1. The van der Waals surface area contributed by atoms with E-state index in [0.29, 0.717) is 11.5 Å². The van der Waals surface area contributed by atoms with Gasteiger partial charge in [-0.3, -0.25) is 0 Å². The van der Waals surface area contributed by atoms with Crippen LogP contribution in [-0.4, -0.2) is 38.5 Å². The zero-order valence-electron chi connectivity index (χ0n) is 14.4. The van der Waals surface area contributed by atoms with Gasteiger partial charge in [0.2, 0.25) is 0 Å². The van der Waals surface area contributed by atoms with Crippen LogP contribution in [0.5, 0.6) is 0 Å². The molecular formula is C18H35NO2. The van der Waals surface area contributed by atoms with Gasteiger partial charge in [0, 0.05) is 20.2 Å². The molecule has 1 heterocycles. The summed E-state index contributed by atoms with van der Waals surface area (Å²) in [6, 6.07) is 0. The minimum absolute atomic E-state index is 0.265. The molecule has 1 saturated heterocycles. The third kappa shape index (κ3) is 4.94. The molecular weight excluding hydrogens is 262 g/mol. The van der Waals surface area contributed by atoms with Crippen LogP contribution in [0.25, 0.3) is 0 Å². The Balaban J connectivity index is 1.78. The van der Waals surface area contributed by atoms with Crippen molar-refractivity contribution in [2.24, 2.45) is 5.41 Å². The molecule has 1 aliphatic carbocycles. The van der Waals surface area contributed by atoms with E-state index in [1.807, 2.05) is 0 Å². The number of ether oxygens (including phenoxy) is 2. The zero-order chi connectivity index (χ0) is 15.2. The summed E-state index contributed by atoms with van der Waals surface area (Å²) < 4.78 is 11.7. The number of rotatable bonds is 8. The van der Waals surface area contributed by atoms with Crippen LogP contribution in [0.15, 0.2) is 0 Å². The van der Waals surface area contributed by atoms with Crippen LogP contribution in [-0.2, 0) is 9.47 Å². The molecule has 21 heavy (non-hydrogen) atoms. The Labute approximate surface area is 131 Å². The Kier molecular flexibility index (Phi) is 6.51. The molecule has 0 aromatic carbocycles. The van der Waals surface area contributed by atoms with Crippen molar-refractivity contribution in [2.75, 3.05) is 26.8 Å². The second kappa shape index (κ2) is 7.94. The minimum Gasteiger partial charge on any atom is -0.383 e. The molecule has 0 aromatic heterocycles. The summed E-state index contributed by atoms with van der Waals surface area (Å²) in [5.74, 6) is 0. The highest BCUT2D eigenvalue weighted by Gasteiger charge is 2.42. The molecule has 0 aromatic rings. The van der Waals surface area contributed by atoms with Crippen molar-refractivity contribution in [1.82, 2.24) is 5.32 Å². The molecule has 1 aliphatic heterocycles. The Morgan fingerprint density at radius 3 is 2.67 bits per heavy atom. The maximum Gasteiger partial charge on any atom is 0.0687 e. The van der Waals surface area contributed by atoms with Gasteiger partial charge >= 0.3 is 0 Å². The van der Waals surface area contributed by atoms with Gasteiger partial charge in [-0.25, -0.2) is 0 Å². The summed E-state index contributed by atoms with van der Waals surface area (Å²) in [6.45, 7) is 7.52. The quantitative estimate of drug-likeness (QED) is 0.689. The third-order valence-electron chi connectivity index (χ3n) is 5.71. The van der Waals surface area contributed by atoms with E-state index < -0.39 is 0 Å². The van der Waals surface area contributed by atoms with Gasteiger partial charge in [-0.2, -0.15) is 0 Å². The van der Waals surface area contributed by atoms with Crippen molar-refractivity contribution in [3.05, 3.63) is 0 Å². The fourth-order valence-electron chi connectivity index (χ4n) is 4.06. The van der Waals surface area contributed by atoms with Gasteiger partial charge in [0.25, 0.3) is 0 Å². The highest BCUT2D eigenvalue weighted by atomic mass is 16.5. The number of hydrogen-bond acceptors (Lipinski definition) is 3. The van der Waals surface area contributed by atoms with Crippen LogP contribution in [0.2, 0.25) is 0 Å². The molecule has 2 atom stereocenters. The molecule has 0 radical (unpaired) electrons. The Morgan fingerprint density at radius 1 is 1.24 bits per heavy atom. The van der Waals surface area contributed by atoms with Gasteiger partial charge in [-0.05, 0) is 43.9 Å². The summed E-state index contributed by atoms with van der Waals surface area (Å²) >= 11 is 0. The van der Waals surface area contributed by atoms with Crippen molar-refractivity contribution in [3.8, 4) is 0 Å². The average Bonchev–Trinajstić information content (AvgIpc) is 2.86. The Morgan fingerprint density at radius 2 is 2.00 bits per heavy atom. The van der Waals surface area contributed by atoms with E-state index in [1.54, 1.807) is 7.11 Å². The summed E-state index contributed by atoms with van der Waals surface area (Å²) in [7, 11) is 1.76. The lowest BCUT2D eigenvalue weighted by molar-refractivity contribution is -0.0760. The molecule has 124 valence electrons. The number of methoxy groups -OCH3 is 1. The lowest BCUT2D eigenvalue weighted by Crippen LogP contribution is -2.37. The van der Waals surface area contributed by atoms with E-state index in [9.17, 15) is 0 Å². The van der Waals surface area contributed by atoms with Crippen molar-refractivity contribution in [1.29, 1.82) is 0 Å². The molecule has 2 rings (SSSR count). The van der Waals surface area contributed by atoms with Crippen LogP contribution in [0.3, 0.4) is 0 Å². The van der Waals surface area contributed by atoms with E-state index in [2.05, 4.69) is 19.2 Å². The van der Waals surface area contributed by atoms with E-state index in [0.717, 1.165) is 19.7 Å². The van der Waals surface area contributed by atoms with Gasteiger partial charge < -0.3 is 14.8 Å². The maximum atomic E-state index is 6.56. The van der Waals surface area contributed by atoms with Gasteiger partial charge in [-0.1, -0.05) is 33.1 Å².